The Bertz CT molecular complexity index is 25.7. The van der Waals surface area contributed by atoms with Crippen molar-refractivity contribution < 1.29 is 4.20 Å². The molecule has 0 unspecified atom stereocenters. The molecule has 0 aliphatic rings. The Hall–Kier alpha value is 0.400. The van der Waals surface area contributed by atoms with E-state index >= 15 is 0 Å². The van der Waals surface area contributed by atoms with Gasteiger partial charge in [-0.1, -0.05) is 6.92 Å². The van der Waals surface area contributed by atoms with E-state index in [1.54, 1.807) is 0 Å². The van der Waals surface area contributed by atoms with E-state index in [1.807, 2.05) is 16.3 Å². The topological polar surface area (TPSA) is 23.5 Å². The van der Waals surface area contributed by atoms with Crippen molar-refractivity contribution in [3.63, 3.8) is 0 Å². The minimum Gasteiger partial charge on any atom is -0.324 e. The molecule has 0 aromatic carbocycles. The molecule has 0 spiro atoms. The predicted octanol–water partition coefficient (Wildman–Crippen LogP) is 0.856. The second kappa shape index (κ2) is 9.64. The first-order valence-electron chi connectivity index (χ1n) is 2.09. The lowest BCUT2D eigenvalue weighted by Gasteiger charge is -2.00. The monoisotopic (exact) mass is 169 g/mol. The molecule has 0 amide bonds. The fourth-order valence-electron chi connectivity index (χ4n) is 0. The van der Waals surface area contributed by atoms with Gasteiger partial charge in [-0.3, -0.25) is 0 Å². The standard InChI is InChI=1S/C4H11N.BrHO/c1-4-5(2)3;1-2/h4H2,1-3H3;2H. The number of halogens is 1. The molecule has 0 aliphatic heterocycles. The zero-order valence-corrected chi connectivity index (χ0v) is 6.57. The number of nitrogens with zero attached hydrogens (tertiary/aromatic N) is 1. The quantitative estimate of drug-likeness (QED) is 0.630. The molecule has 1 N–H and O–H groups in total. The highest BCUT2D eigenvalue weighted by Gasteiger charge is 1.72. The third-order valence-electron chi connectivity index (χ3n) is 0.632. The zero-order valence-electron chi connectivity index (χ0n) is 4.98. The Balaban J connectivity index is 0. The largest absolute Gasteiger partial charge is 0.324 e. The SMILES string of the molecule is CCN(C)C.OBr. The van der Waals surface area contributed by atoms with E-state index in [1.165, 1.54) is 0 Å². The van der Waals surface area contributed by atoms with Gasteiger partial charge in [-0.05, 0) is 20.6 Å². The molecule has 0 saturated heterocycles. The Labute approximate surface area is 53.6 Å². The first-order chi connectivity index (χ1) is 3.27. The van der Waals surface area contributed by atoms with Crippen LogP contribution in [0.25, 0.3) is 0 Å². The van der Waals surface area contributed by atoms with Crippen LogP contribution in [0.1, 0.15) is 6.92 Å². The van der Waals surface area contributed by atoms with E-state index in [4.69, 9.17) is 4.20 Å². The molecule has 0 atom stereocenters. The van der Waals surface area contributed by atoms with E-state index in [0.29, 0.717) is 0 Å². The van der Waals surface area contributed by atoms with E-state index in [0.717, 1.165) is 6.54 Å². The van der Waals surface area contributed by atoms with Crippen LogP contribution in [0, 0.1) is 0 Å². The van der Waals surface area contributed by atoms with Crippen molar-refractivity contribution in [2.24, 2.45) is 0 Å². The molecule has 0 fully saturated rings. The number of hydrogen-bond acceptors (Lipinski definition) is 2. The molecule has 0 heterocycles. The van der Waals surface area contributed by atoms with Gasteiger partial charge in [0.15, 0.2) is 0 Å². The second-order valence-corrected chi connectivity index (χ2v) is 1.40. The maximum absolute atomic E-state index is 6.81. The molecule has 0 aromatic rings. The van der Waals surface area contributed by atoms with Crippen molar-refractivity contribution in [3.8, 4) is 0 Å². The highest BCUT2D eigenvalue weighted by atomic mass is 79.9. The summed E-state index contributed by atoms with van der Waals surface area (Å²) >= 11 is 1.94. The van der Waals surface area contributed by atoms with Crippen LogP contribution in [-0.2, 0) is 0 Å². The Morgan fingerprint density at radius 2 is 1.57 bits per heavy atom. The average molecular weight is 170 g/mol. The number of hydrogen-bond donors (Lipinski definition) is 1. The van der Waals surface area contributed by atoms with Crippen LogP contribution in [0.3, 0.4) is 0 Å². The molecule has 0 aromatic heterocycles. The molecule has 0 radical (unpaired) electrons. The van der Waals surface area contributed by atoms with Crippen molar-refractivity contribution >= 4 is 16.3 Å². The van der Waals surface area contributed by atoms with E-state index in [9.17, 15) is 0 Å². The minimum absolute atomic E-state index is 1.14. The highest BCUT2D eigenvalue weighted by molar-refractivity contribution is 9.05. The molecule has 46 valence electrons. The van der Waals surface area contributed by atoms with Gasteiger partial charge in [-0.15, -0.1) is 0 Å². The van der Waals surface area contributed by atoms with Gasteiger partial charge in [0.1, 0.15) is 0 Å². The average Bonchev–Trinajstić information content (AvgIpc) is 1.73. The first-order valence-corrected chi connectivity index (χ1v) is 2.80. The summed E-state index contributed by atoms with van der Waals surface area (Å²) in [4.78, 5) is 2.12. The van der Waals surface area contributed by atoms with Gasteiger partial charge in [0.25, 0.3) is 0 Å². The fraction of sp³-hybridized carbons (Fsp3) is 1.00. The van der Waals surface area contributed by atoms with Crippen LogP contribution in [-0.4, -0.2) is 29.7 Å². The van der Waals surface area contributed by atoms with Crippen LogP contribution in [0.4, 0.5) is 0 Å². The van der Waals surface area contributed by atoms with Crippen LogP contribution >= 0.6 is 16.3 Å². The molecular weight excluding hydrogens is 158 g/mol. The van der Waals surface area contributed by atoms with Crippen molar-refractivity contribution in [1.82, 2.24) is 4.90 Å². The molecule has 0 aliphatic carbocycles. The number of rotatable bonds is 1. The summed E-state index contributed by atoms with van der Waals surface area (Å²) in [6.45, 7) is 3.26. The lowest BCUT2D eigenvalue weighted by Crippen LogP contribution is -2.08. The van der Waals surface area contributed by atoms with Gasteiger partial charge in [-0.25, -0.2) is 0 Å². The molecule has 0 rings (SSSR count). The van der Waals surface area contributed by atoms with Gasteiger partial charge in [-0.2, -0.15) is 0 Å². The molecule has 0 bridgehead atoms. The summed E-state index contributed by atoms with van der Waals surface area (Å²) in [5, 5.41) is 0. The molecular formula is C4H12BrNO. The van der Waals surface area contributed by atoms with Crippen molar-refractivity contribution in [2.45, 2.75) is 6.92 Å². The summed E-state index contributed by atoms with van der Waals surface area (Å²) in [6, 6.07) is 0. The maximum atomic E-state index is 6.81. The third kappa shape index (κ3) is 21.5. The van der Waals surface area contributed by atoms with Gasteiger partial charge in [0.2, 0.25) is 0 Å². The zero-order chi connectivity index (χ0) is 6.28. The van der Waals surface area contributed by atoms with Crippen LogP contribution in [0.2, 0.25) is 0 Å². The van der Waals surface area contributed by atoms with Gasteiger partial charge in [0.05, 0.1) is 16.3 Å². The Kier molecular flexibility index (Phi) is 14.3. The summed E-state index contributed by atoms with van der Waals surface area (Å²) < 4.78 is 6.81. The Morgan fingerprint density at radius 3 is 1.57 bits per heavy atom. The maximum Gasteiger partial charge on any atom is 0.0957 e. The minimum atomic E-state index is 1.14. The predicted molar refractivity (Wildman–Crippen MR) is 35.4 cm³/mol. The second-order valence-electron chi connectivity index (χ2n) is 1.40. The lowest BCUT2D eigenvalue weighted by atomic mass is 10.7. The smallest absolute Gasteiger partial charge is 0.0957 e. The van der Waals surface area contributed by atoms with Crippen molar-refractivity contribution in [2.75, 3.05) is 20.6 Å². The molecule has 7 heavy (non-hydrogen) atoms. The van der Waals surface area contributed by atoms with Crippen LogP contribution in [0.5, 0.6) is 0 Å². The van der Waals surface area contributed by atoms with Gasteiger partial charge < -0.3 is 9.10 Å². The molecule has 0 saturated carbocycles. The normalized spacial score (nSPS) is 7.71. The van der Waals surface area contributed by atoms with E-state index in [2.05, 4.69) is 25.9 Å². The van der Waals surface area contributed by atoms with Gasteiger partial charge >= 0.3 is 0 Å². The summed E-state index contributed by atoms with van der Waals surface area (Å²) in [5.41, 5.74) is 0. The van der Waals surface area contributed by atoms with Gasteiger partial charge in [0, 0.05) is 0 Å². The lowest BCUT2D eigenvalue weighted by molar-refractivity contribution is 0.434. The molecule has 2 nitrogen and oxygen atoms in total. The summed E-state index contributed by atoms with van der Waals surface area (Å²) in [6.07, 6.45) is 0. The van der Waals surface area contributed by atoms with Crippen molar-refractivity contribution in [1.29, 1.82) is 0 Å². The Morgan fingerprint density at radius 1 is 1.43 bits per heavy atom. The fourth-order valence-corrected chi connectivity index (χ4v) is 0. The third-order valence-corrected chi connectivity index (χ3v) is 0.632. The van der Waals surface area contributed by atoms with Crippen LogP contribution < -0.4 is 0 Å². The first kappa shape index (κ1) is 10.4. The van der Waals surface area contributed by atoms with E-state index < -0.39 is 0 Å². The van der Waals surface area contributed by atoms with Crippen molar-refractivity contribution in [3.05, 3.63) is 0 Å². The summed E-state index contributed by atoms with van der Waals surface area (Å²) in [7, 11) is 4.11. The highest BCUT2D eigenvalue weighted by Crippen LogP contribution is 1.63. The summed E-state index contributed by atoms with van der Waals surface area (Å²) in [5.74, 6) is 0. The van der Waals surface area contributed by atoms with E-state index in [-0.39, 0.29) is 0 Å². The molecule has 3 heteroatoms. The van der Waals surface area contributed by atoms with Crippen LogP contribution in [0.15, 0.2) is 0 Å².